The van der Waals surface area contributed by atoms with Crippen LogP contribution in [-0.2, 0) is 0 Å². The van der Waals surface area contributed by atoms with E-state index in [2.05, 4.69) is 0 Å². The summed E-state index contributed by atoms with van der Waals surface area (Å²) < 4.78 is 1.55. The van der Waals surface area contributed by atoms with E-state index in [9.17, 15) is 4.79 Å². The molecule has 0 bridgehead atoms. The zero-order valence-corrected chi connectivity index (χ0v) is 7.61. The number of hydrogen-bond acceptors (Lipinski definition) is 1. The second kappa shape index (κ2) is 3.34. The highest BCUT2D eigenvalue weighted by Gasteiger charge is 2.14. The molecule has 1 heterocycles. The number of carbonyl (C=O) groups is 1. The lowest BCUT2D eigenvalue weighted by atomic mass is 10.3. The molecule has 0 aromatic carbocycles. The van der Waals surface area contributed by atoms with Gasteiger partial charge in [-0.3, -0.25) is 0 Å². The molecule has 0 radical (unpaired) electrons. The summed E-state index contributed by atoms with van der Waals surface area (Å²) in [4.78, 5) is 12.9. The van der Waals surface area contributed by atoms with E-state index in [1.165, 1.54) is 4.90 Å². The predicted molar refractivity (Wildman–Crippen MR) is 45.9 cm³/mol. The molecule has 1 amide bonds. The van der Waals surface area contributed by atoms with Gasteiger partial charge in [-0.1, -0.05) is 0 Å². The average Bonchev–Trinajstić information content (AvgIpc) is 2.04. The van der Waals surface area contributed by atoms with E-state index in [4.69, 9.17) is 0 Å². The molecule has 0 saturated carbocycles. The minimum atomic E-state index is -0.0324. The van der Waals surface area contributed by atoms with E-state index in [1.807, 2.05) is 19.1 Å². The van der Waals surface area contributed by atoms with Gasteiger partial charge in [0, 0.05) is 0 Å². The molecule has 0 N–H and O–H groups in total. The molecule has 1 aromatic heterocycles. The quantitative estimate of drug-likeness (QED) is 0.522. The Morgan fingerprint density at radius 1 is 1.33 bits per heavy atom. The van der Waals surface area contributed by atoms with Crippen LogP contribution in [0.15, 0.2) is 24.5 Å². The minimum Gasteiger partial charge on any atom is -0.231 e. The van der Waals surface area contributed by atoms with E-state index in [0.717, 1.165) is 5.56 Å². The Labute approximate surface area is 72.2 Å². The van der Waals surface area contributed by atoms with E-state index in [0.29, 0.717) is 0 Å². The van der Waals surface area contributed by atoms with Gasteiger partial charge in [0.15, 0.2) is 0 Å². The second-order valence-electron chi connectivity index (χ2n) is 2.96. The Hall–Kier alpha value is -1.38. The summed E-state index contributed by atoms with van der Waals surface area (Å²) in [5.74, 6) is 0. The number of aryl methyl sites for hydroxylation is 1. The van der Waals surface area contributed by atoms with Crippen LogP contribution >= 0.6 is 0 Å². The zero-order chi connectivity index (χ0) is 9.14. The van der Waals surface area contributed by atoms with Gasteiger partial charge in [0.25, 0.3) is 0 Å². The molecule has 0 aliphatic rings. The number of carbonyl (C=O) groups excluding carboxylic acids is 1. The summed E-state index contributed by atoms with van der Waals surface area (Å²) in [6.07, 6.45) is 3.52. The fourth-order valence-electron chi connectivity index (χ4n) is 0.859. The molecule has 1 rings (SSSR count). The molecule has 12 heavy (non-hydrogen) atoms. The molecule has 3 nitrogen and oxygen atoms in total. The maximum atomic E-state index is 11.3. The van der Waals surface area contributed by atoms with Crippen LogP contribution in [-0.4, -0.2) is 25.0 Å². The third-order valence-electron chi connectivity index (χ3n) is 1.60. The van der Waals surface area contributed by atoms with Gasteiger partial charge in [0.1, 0.15) is 0 Å². The van der Waals surface area contributed by atoms with Crippen molar-refractivity contribution < 1.29 is 9.36 Å². The first-order valence-corrected chi connectivity index (χ1v) is 3.81. The highest BCUT2D eigenvalue weighted by atomic mass is 16.2. The number of hydrogen-bond donors (Lipinski definition) is 0. The Kier molecular flexibility index (Phi) is 2.43. The van der Waals surface area contributed by atoms with Gasteiger partial charge in [-0.2, -0.15) is 9.36 Å². The van der Waals surface area contributed by atoms with E-state index in [-0.39, 0.29) is 6.03 Å². The first-order valence-electron chi connectivity index (χ1n) is 3.81. The van der Waals surface area contributed by atoms with Crippen molar-refractivity contribution in [2.75, 3.05) is 14.1 Å². The molecule has 0 fully saturated rings. The van der Waals surface area contributed by atoms with Gasteiger partial charge in [-0.05, 0) is 24.6 Å². The van der Waals surface area contributed by atoms with Crippen molar-refractivity contribution in [2.24, 2.45) is 0 Å². The van der Waals surface area contributed by atoms with Crippen LogP contribution in [0.5, 0.6) is 0 Å². The second-order valence-corrected chi connectivity index (χ2v) is 2.96. The van der Waals surface area contributed by atoms with E-state index in [1.54, 1.807) is 31.1 Å². The van der Waals surface area contributed by atoms with Crippen molar-refractivity contribution in [3.63, 3.8) is 0 Å². The van der Waals surface area contributed by atoms with Crippen LogP contribution in [0.4, 0.5) is 4.79 Å². The van der Waals surface area contributed by atoms with Crippen molar-refractivity contribution in [3.8, 4) is 0 Å². The number of pyridine rings is 1. The Morgan fingerprint density at radius 3 is 2.25 bits per heavy atom. The molecule has 64 valence electrons. The zero-order valence-electron chi connectivity index (χ0n) is 7.61. The summed E-state index contributed by atoms with van der Waals surface area (Å²) in [6, 6.07) is 3.78. The maximum Gasteiger partial charge on any atom is 0.497 e. The monoisotopic (exact) mass is 165 g/mol. The average molecular weight is 165 g/mol. The highest BCUT2D eigenvalue weighted by Crippen LogP contribution is 1.90. The normalized spacial score (nSPS) is 9.58. The SMILES string of the molecule is Cc1cc[n+](C(=O)N(C)C)cc1. The summed E-state index contributed by atoms with van der Waals surface area (Å²) in [7, 11) is 3.46. The fourth-order valence-corrected chi connectivity index (χ4v) is 0.859. The summed E-state index contributed by atoms with van der Waals surface area (Å²) >= 11 is 0. The van der Waals surface area contributed by atoms with Gasteiger partial charge >= 0.3 is 6.03 Å². The van der Waals surface area contributed by atoms with E-state index < -0.39 is 0 Å². The number of amides is 1. The van der Waals surface area contributed by atoms with Gasteiger partial charge < -0.3 is 0 Å². The summed E-state index contributed by atoms with van der Waals surface area (Å²) in [5, 5.41) is 0. The molecule has 0 aliphatic carbocycles. The van der Waals surface area contributed by atoms with Gasteiger partial charge in [-0.25, -0.2) is 4.90 Å². The van der Waals surface area contributed by atoms with Gasteiger partial charge in [0.05, 0.1) is 26.5 Å². The van der Waals surface area contributed by atoms with Crippen LogP contribution in [0.2, 0.25) is 0 Å². The molecular weight excluding hydrogens is 152 g/mol. The minimum absolute atomic E-state index is 0.0324. The lowest BCUT2D eigenvalue weighted by molar-refractivity contribution is -0.577. The molecule has 0 spiro atoms. The van der Waals surface area contributed by atoms with Crippen LogP contribution in [0.1, 0.15) is 5.56 Å². The number of rotatable bonds is 0. The van der Waals surface area contributed by atoms with Crippen LogP contribution < -0.4 is 4.57 Å². The predicted octanol–water partition coefficient (Wildman–Crippen LogP) is 0.812. The Bertz CT molecular complexity index is 277. The third-order valence-corrected chi connectivity index (χ3v) is 1.60. The maximum absolute atomic E-state index is 11.3. The first kappa shape index (κ1) is 8.71. The van der Waals surface area contributed by atoms with E-state index >= 15 is 0 Å². The summed E-state index contributed by atoms with van der Waals surface area (Å²) in [6.45, 7) is 1.99. The molecule has 3 heteroatoms. The topological polar surface area (TPSA) is 24.2 Å². The van der Waals surface area contributed by atoms with Crippen molar-refractivity contribution >= 4 is 6.03 Å². The largest absolute Gasteiger partial charge is 0.497 e. The fraction of sp³-hybridized carbons (Fsp3) is 0.333. The van der Waals surface area contributed by atoms with Crippen molar-refractivity contribution in [2.45, 2.75) is 6.92 Å². The standard InChI is InChI=1S/C9H13N2O/c1-8-4-6-11(7-5-8)9(12)10(2)3/h4-7H,1-3H3/q+1. The van der Waals surface area contributed by atoms with Crippen LogP contribution in [0.25, 0.3) is 0 Å². The summed E-state index contributed by atoms with van der Waals surface area (Å²) in [5.41, 5.74) is 1.15. The molecule has 0 atom stereocenters. The first-order chi connectivity index (χ1) is 5.61. The highest BCUT2D eigenvalue weighted by molar-refractivity contribution is 5.63. The van der Waals surface area contributed by atoms with Crippen LogP contribution in [0, 0.1) is 6.92 Å². The van der Waals surface area contributed by atoms with Crippen molar-refractivity contribution in [1.29, 1.82) is 0 Å². The molecule has 0 aliphatic heterocycles. The molecule has 1 aromatic rings. The molecule has 0 unspecified atom stereocenters. The molecular formula is C9H13N2O+. The van der Waals surface area contributed by atoms with Crippen LogP contribution in [0.3, 0.4) is 0 Å². The smallest absolute Gasteiger partial charge is 0.231 e. The lowest BCUT2D eigenvalue weighted by Crippen LogP contribution is -2.48. The lowest BCUT2D eigenvalue weighted by Gasteiger charge is -2.02. The third kappa shape index (κ3) is 1.81. The number of nitrogens with zero attached hydrogens (tertiary/aromatic N) is 2. The van der Waals surface area contributed by atoms with Crippen molar-refractivity contribution in [1.82, 2.24) is 4.90 Å². The van der Waals surface area contributed by atoms with Gasteiger partial charge in [-0.15, -0.1) is 0 Å². The van der Waals surface area contributed by atoms with Crippen molar-refractivity contribution in [3.05, 3.63) is 30.1 Å². The Morgan fingerprint density at radius 2 is 1.83 bits per heavy atom. The molecule has 0 saturated heterocycles. The Balaban J connectivity index is 2.90. The number of aromatic nitrogens is 1. The van der Waals surface area contributed by atoms with Gasteiger partial charge in [0.2, 0.25) is 0 Å².